The van der Waals surface area contributed by atoms with Crippen molar-refractivity contribution in [3.63, 3.8) is 0 Å². The smallest absolute Gasteiger partial charge is 0.261 e. The lowest BCUT2D eigenvalue weighted by molar-refractivity contribution is -0.116. The second-order valence-electron chi connectivity index (χ2n) is 7.03. The number of rotatable bonds is 7. The molecule has 0 radical (unpaired) electrons. The minimum atomic E-state index is -3.69. The topological polar surface area (TPSA) is 75.3 Å². The fraction of sp³-hybridized carbons (Fsp3) is 0.174. The van der Waals surface area contributed by atoms with Gasteiger partial charge in [0.25, 0.3) is 10.0 Å². The van der Waals surface area contributed by atoms with Crippen molar-refractivity contribution in [1.29, 1.82) is 0 Å². The Balaban J connectivity index is 1.58. The van der Waals surface area contributed by atoms with Crippen molar-refractivity contribution in [3.05, 3.63) is 89.5 Å². The number of anilines is 2. The standard InChI is InChI=1S/C23H24N2O3S/c1-17-6-8-19(9-7-17)10-15-23(26)24-20-11-13-22(14-12-20)29(27,28)25-21-5-3-4-18(2)16-21/h3-9,11-14,16,25H,10,15H2,1-2H3,(H,24,26). The molecule has 0 heterocycles. The van der Waals surface area contributed by atoms with Crippen molar-refractivity contribution >= 4 is 27.3 Å². The van der Waals surface area contributed by atoms with E-state index in [4.69, 9.17) is 0 Å². The third kappa shape index (κ3) is 5.93. The van der Waals surface area contributed by atoms with Gasteiger partial charge < -0.3 is 5.32 Å². The van der Waals surface area contributed by atoms with Crippen molar-refractivity contribution in [2.75, 3.05) is 10.0 Å². The van der Waals surface area contributed by atoms with Gasteiger partial charge in [-0.2, -0.15) is 0 Å². The van der Waals surface area contributed by atoms with Gasteiger partial charge in [-0.3, -0.25) is 9.52 Å². The van der Waals surface area contributed by atoms with Crippen LogP contribution >= 0.6 is 0 Å². The molecular formula is C23H24N2O3S. The maximum Gasteiger partial charge on any atom is 0.261 e. The van der Waals surface area contributed by atoms with Crippen LogP contribution < -0.4 is 10.0 Å². The molecule has 0 bridgehead atoms. The van der Waals surface area contributed by atoms with Crippen LogP contribution in [0.5, 0.6) is 0 Å². The maximum atomic E-state index is 12.5. The Kier molecular flexibility index (Phi) is 6.34. The molecule has 29 heavy (non-hydrogen) atoms. The molecule has 0 saturated heterocycles. The van der Waals surface area contributed by atoms with Gasteiger partial charge in [0.2, 0.25) is 5.91 Å². The number of carbonyl (C=O) groups excluding carboxylic acids is 1. The Morgan fingerprint density at radius 1 is 0.828 bits per heavy atom. The highest BCUT2D eigenvalue weighted by Gasteiger charge is 2.14. The summed E-state index contributed by atoms with van der Waals surface area (Å²) >= 11 is 0. The molecule has 3 aromatic rings. The Morgan fingerprint density at radius 2 is 1.52 bits per heavy atom. The van der Waals surface area contributed by atoms with Crippen LogP contribution in [-0.4, -0.2) is 14.3 Å². The van der Waals surface area contributed by atoms with E-state index >= 15 is 0 Å². The van der Waals surface area contributed by atoms with Crippen molar-refractivity contribution in [2.45, 2.75) is 31.6 Å². The first-order chi connectivity index (χ1) is 13.8. The van der Waals surface area contributed by atoms with Crippen LogP contribution in [0.15, 0.2) is 77.7 Å². The minimum absolute atomic E-state index is 0.112. The molecule has 0 atom stereocenters. The Labute approximate surface area is 171 Å². The number of amides is 1. The van der Waals surface area contributed by atoms with Gasteiger partial charge in [-0.25, -0.2) is 8.42 Å². The number of nitrogens with one attached hydrogen (secondary N) is 2. The van der Waals surface area contributed by atoms with E-state index in [1.165, 1.54) is 17.7 Å². The van der Waals surface area contributed by atoms with Crippen LogP contribution in [0, 0.1) is 13.8 Å². The molecule has 0 unspecified atom stereocenters. The van der Waals surface area contributed by atoms with Crippen LogP contribution in [0.2, 0.25) is 0 Å². The van der Waals surface area contributed by atoms with Crippen LogP contribution in [-0.2, 0) is 21.2 Å². The van der Waals surface area contributed by atoms with Gasteiger partial charge in [-0.1, -0.05) is 42.0 Å². The molecule has 0 aliphatic heterocycles. The van der Waals surface area contributed by atoms with Gasteiger partial charge in [-0.05, 0) is 67.8 Å². The van der Waals surface area contributed by atoms with Gasteiger partial charge >= 0.3 is 0 Å². The maximum absolute atomic E-state index is 12.5. The van der Waals surface area contributed by atoms with Crippen molar-refractivity contribution < 1.29 is 13.2 Å². The summed E-state index contributed by atoms with van der Waals surface area (Å²) in [4.78, 5) is 12.3. The van der Waals surface area contributed by atoms with E-state index in [1.807, 2.05) is 44.2 Å². The zero-order chi connectivity index (χ0) is 20.9. The van der Waals surface area contributed by atoms with Gasteiger partial charge in [0.05, 0.1) is 4.90 Å². The summed E-state index contributed by atoms with van der Waals surface area (Å²) in [6, 6.07) is 21.4. The summed E-state index contributed by atoms with van der Waals surface area (Å²) in [5.74, 6) is -0.112. The van der Waals surface area contributed by atoms with E-state index in [1.54, 1.807) is 30.3 Å². The fourth-order valence-electron chi connectivity index (χ4n) is 2.88. The average Bonchev–Trinajstić information content (AvgIpc) is 2.68. The summed E-state index contributed by atoms with van der Waals surface area (Å²) in [5, 5.41) is 2.81. The molecule has 2 N–H and O–H groups in total. The fourth-order valence-corrected chi connectivity index (χ4v) is 3.93. The Bertz CT molecular complexity index is 1090. The largest absolute Gasteiger partial charge is 0.326 e. The SMILES string of the molecule is Cc1ccc(CCC(=O)Nc2ccc(S(=O)(=O)Nc3cccc(C)c3)cc2)cc1. The van der Waals surface area contributed by atoms with E-state index in [9.17, 15) is 13.2 Å². The predicted octanol–water partition coefficient (Wildman–Crippen LogP) is 4.68. The lowest BCUT2D eigenvalue weighted by Crippen LogP contribution is -2.14. The molecule has 3 rings (SSSR count). The highest BCUT2D eigenvalue weighted by molar-refractivity contribution is 7.92. The molecule has 1 amide bonds. The molecule has 0 saturated carbocycles. The van der Waals surface area contributed by atoms with Crippen LogP contribution in [0.3, 0.4) is 0 Å². The molecule has 5 nitrogen and oxygen atoms in total. The molecule has 0 aliphatic carbocycles. The molecular weight excluding hydrogens is 384 g/mol. The zero-order valence-electron chi connectivity index (χ0n) is 16.5. The van der Waals surface area contributed by atoms with Crippen molar-refractivity contribution in [2.24, 2.45) is 0 Å². The molecule has 3 aromatic carbocycles. The van der Waals surface area contributed by atoms with E-state index in [2.05, 4.69) is 10.0 Å². The van der Waals surface area contributed by atoms with Crippen molar-refractivity contribution in [3.8, 4) is 0 Å². The van der Waals surface area contributed by atoms with Gasteiger partial charge in [0.1, 0.15) is 0 Å². The summed E-state index contributed by atoms with van der Waals surface area (Å²) in [7, 11) is -3.69. The van der Waals surface area contributed by atoms with E-state index in [0.29, 0.717) is 24.2 Å². The van der Waals surface area contributed by atoms with Crippen molar-refractivity contribution in [1.82, 2.24) is 0 Å². The predicted molar refractivity (Wildman–Crippen MR) is 117 cm³/mol. The number of hydrogen-bond acceptors (Lipinski definition) is 3. The lowest BCUT2D eigenvalue weighted by atomic mass is 10.1. The first kappa shape index (κ1) is 20.6. The van der Waals surface area contributed by atoms with Gasteiger partial charge in [-0.15, -0.1) is 0 Å². The van der Waals surface area contributed by atoms with Gasteiger partial charge in [0, 0.05) is 17.8 Å². The van der Waals surface area contributed by atoms with Crippen LogP contribution in [0.4, 0.5) is 11.4 Å². The van der Waals surface area contributed by atoms with Crippen LogP contribution in [0.25, 0.3) is 0 Å². The van der Waals surface area contributed by atoms with E-state index < -0.39 is 10.0 Å². The first-order valence-electron chi connectivity index (χ1n) is 9.37. The molecule has 0 aliphatic rings. The highest BCUT2D eigenvalue weighted by Crippen LogP contribution is 2.19. The van der Waals surface area contributed by atoms with Crippen LogP contribution in [0.1, 0.15) is 23.1 Å². The summed E-state index contributed by atoms with van der Waals surface area (Å²) in [6.45, 7) is 3.92. The third-order valence-corrected chi connectivity index (χ3v) is 5.88. The summed E-state index contributed by atoms with van der Waals surface area (Å²) < 4.78 is 27.6. The second-order valence-corrected chi connectivity index (χ2v) is 8.72. The average molecular weight is 409 g/mol. The molecule has 0 aromatic heterocycles. The van der Waals surface area contributed by atoms with Gasteiger partial charge in [0.15, 0.2) is 0 Å². The Morgan fingerprint density at radius 3 is 2.17 bits per heavy atom. The third-order valence-electron chi connectivity index (χ3n) is 4.48. The number of sulfonamides is 1. The molecule has 6 heteroatoms. The minimum Gasteiger partial charge on any atom is -0.326 e. The highest BCUT2D eigenvalue weighted by atomic mass is 32.2. The number of carbonyl (C=O) groups is 1. The quantitative estimate of drug-likeness (QED) is 0.596. The summed E-state index contributed by atoms with van der Waals surface area (Å²) in [6.07, 6.45) is 1.01. The first-order valence-corrected chi connectivity index (χ1v) is 10.9. The normalized spacial score (nSPS) is 11.1. The molecule has 0 fully saturated rings. The number of hydrogen-bond donors (Lipinski definition) is 2. The number of aryl methyl sites for hydroxylation is 3. The van der Waals surface area contributed by atoms with E-state index in [-0.39, 0.29) is 10.8 Å². The monoisotopic (exact) mass is 408 g/mol. The van der Waals surface area contributed by atoms with E-state index in [0.717, 1.165) is 11.1 Å². The zero-order valence-corrected chi connectivity index (χ0v) is 17.3. The second kappa shape index (κ2) is 8.92. The molecule has 150 valence electrons. The molecule has 0 spiro atoms. The summed E-state index contributed by atoms with van der Waals surface area (Å²) in [5.41, 5.74) is 4.33. The number of benzene rings is 3. The Hall–Kier alpha value is -3.12. The lowest BCUT2D eigenvalue weighted by Gasteiger charge is -2.10.